The molecule has 0 aliphatic heterocycles. The van der Waals surface area contributed by atoms with E-state index in [0.29, 0.717) is 11.7 Å². The number of carbonyl (C=O) groups is 1. The molecular weight excluding hydrogens is 276 g/mol. The van der Waals surface area contributed by atoms with Crippen LogP contribution in [-0.4, -0.2) is 24.0 Å². The van der Waals surface area contributed by atoms with Crippen molar-refractivity contribution in [2.24, 2.45) is 0 Å². The maximum atomic E-state index is 12.5. The van der Waals surface area contributed by atoms with Gasteiger partial charge in [-0.05, 0) is 31.0 Å². The Morgan fingerprint density at radius 3 is 2.59 bits per heavy atom. The quantitative estimate of drug-likeness (QED) is 0.899. The zero-order chi connectivity index (χ0) is 15.4. The molecule has 0 spiro atoms. The molecule has 1 saturated carbocycles. The van der Waals surface area contributed by atoms with Crippen molar-refractivity contribution in [2.45, 2.75) is 51.0 Å². The molecule has 22 heavy (non-hydrogen) atoms. The van der Waals surface area contributed by atoms with E-state index in [-0.39, 0.29) is 5.91 Å². The summed E-state index contributed by atoms with van der Waals surface area (Å²) in [5.74, 6) is 0.794. The summed E-state index contributed by atoms with van der Waals surface area (Å²) in [5.41, 5.74) is 1.56. The lowest BCUT2D eigenvalue weighted by atomic mass is 9.96. The third-order valence-corrected chi connectivity index (χ3v) is 4.51. The van der Waals surface area contributed by atoms with Crippen molar-refractivity contribution in [2.75, 3.05) is 7.11 Å². The van der Waals surface area contributed by atoms with Crippen LogP contribution in [-0.2, 0) is 0 Å². The summed E-state index contributed by atoms with van der Waals surface area (Å²) in [6, 6.07) is 8.02. The van der Waals surface area contributed by atoms with E-state index in [0.717, 1.165) is 29.5 Å². The summed E-state index contributed by atoms with van der Waals surface area (Å²) in [4.78, 5) is 15.7. The highest BCUT2D eigenvalue weighted by atomic mass is 16.5. The minimum Gasteiger partial charge on any atom is -0.497 e. The molecule has 0 unspecified atom stereocenters. The standard InChI is InChI=1S/C18H24N2O2/c1-22-15-10-9-13-11-17(20-16(13)12-15)18(21)19-14-7-5-3-2-4-6-8-14/h9-12,14,20H,2-8H2,1H3,(H,19,21). The lowest BCUT2D eigenvalue weighted by Gasteiger charge is -2.20. The van der Waals surface area contributed by atoms with E-state index in [1.165, 1.54) is 32.1 Å². The van der Waals surface area contributed by atoms with Gasteiger partial charge < -0.3 is 15.0 Å². The largest absolute Gasteiger partial charge is 0.497 e. The number of hydrogen-bond acceptors (Lipinski definition) is 2. The van der Waals surface area contributed by atoms with E-state index >= 15 is 0 Å². The zero-order valence-corrected chi connectivity index (χ0v) is 13.2. The number of methoxy groups -OCH3 is 1. The van der Waals surface area contributed by atoms with Gasteiger partial charge in [-0.15, -0.1) is 0 Å². The van der Waals surface area contributed by atoms with Crippen LogP contribution in [0.3, 0.4) is 0 Å². The van der Waals surface area contributed by atoms with Crippen molar-refractivity contribution in [1.29, 1.82) is 0 Å². The number of nitrogens with one attached hydrogen (secondary N) is 2. The molecule has 1 aromatic carbocycles. The third-order valence-electron chi connectivity index (χ3n) is 4.51. The van der Waals surface area contributed by atoms with Crippen LogP contribution >= 0.6 is 0 Å². The second-order valence-electron chi connectivity index (χ2n) is 6.15. The normalized spacial score (nSPS) is 17.0. The molecule has 118 valence electrons. The molecule has 3 rings (SSSR count). The molecule has 1 heterocycles. The van der Waals surface area contributed by atoms with Crippen LogP contribution in [0.1, 0.15) is 55.4 Å². The number of rotatable bonds is 3. The minimum absolute atomic E-state index is 0.000685. The maximum absolute atomic E-state index is 12.5. The average molecular weight is 300 g/mol. The fourth-order valence-corrected chi connectivity index (χ4v) is 3.22. The van der Waals surface area contributed by atoms with Gasteiger partial charge in [0.05, 0.1) is 7.11 Å². The van der Waals surface area contributed by atoms with Gasteiger partial charge in [-0.1, -0.05) is 32.1 Å². The van der Waals surface area contributed by atoms with Crippen LogP contribution in [0.4, 0.5) is 0 Å². The predicted octanol–water partition coefficient (Wildman–Crippen LogP) is 4.02. The van der Waals surface area contributed by atoms with E-state index < -0.39 is 0 Å². The molecule has 2 aromatic rings. The monoisotopic (exact) mass is 300 g/mol. The molecule has 4 nitrogen and oxygen atoms in total. The second-order valence-corrected chi connectivity index (χ2v) is 6.15. The van der Waals surface area contributed by atoms with Gasteiger partial charge in [0.15, 0.2) is 0 Å². The van der Waals surface area contributed by atoms with Crippen LogP contribution in [0.5, 0.6) is 5.75 Å². The fourth-order valence-electron chi connectivity index (χ4n) is 3.22. The second kappa shape index (κ2) is 6.86. The van der Waals surface area contributed by atoms with Crippen molar-refractivity contribution in [1.82, 2.24) is 10.3 Å². The number of hydrogen-bond donors (Lipinski definition) is 2. The Kier molecular flexibility index (Phi) is 4.66. The molecule has 2 N–H and O–H groups in total. The molecule has 0 radical (unpaired) electrons. The minimum atomic E-state index is 0.000685. The van der Waals surface area contributed by atoms with E-state index in [2.05, 4.69) is 10.3 Å². The SMILES string of the molecule is COc1ccc2cc(C(=O)NC3CCCCCCC3)[nH]c2c1. The number of benzene rings is 1. The highest BCUT2D eigenvalue weighted by molar-refractivity contribution is 5.98. The Hall–Kier alpha value is -1.97. The Morgan fingerprint density at radius 1 is 1.14 bits per heavy atom. The lowest BCUT2D eigenvalue weighted by Crippen LogP contribution is -2.35. The van der Waals surface area contributed by atoms with Crippen molar-refractivity contribution < 1.29 is 9.53 Å². The van der Waals surface area contributed by atoms with Crippen molar-refractivity contribution in [3.63, 3.8) is 0 Å². The molecule has 4 heteroatoms. The van der Waals surface area contributed by atoms with Crippen LogP contribution in [0.2, 0.25) is 0 Å². The third kappa shape index (κ3) is 3.43. The summed E-state index contributed by atoms with van der Waals surface area (Å²) >= 11 is 0. The van der Waals surface area contributed by atoms with Gasteiger partial charge in [0.2, 0.25) is 0 Å². The van der Waals surface area contributed by atoms with Crippen LogP contribution in [0.25, 0.3) is 10.9 Å². The van der Waals surface area contributed by atoms with Gasteiger partial charge in [-0.25, -0.2) is 0 Å². The van der Waals surface area contributed by atoms with Crippen molar-refractivity contribution in [3.8, 4) is 5.75 Å². The van der Waals surface area contributed by atoms with Crippen molar-refractivity contribution in [3.05, 3.63) is 30.0 Å². The fraction of sp³-hybridized carbons (Fsp3) is 0.500. The topological polar surface area (TPSA) is 54.1 Å². The Bertz CT molecular complexity index is 640. The molecule has 0 atom stereocenters. The highest BCUT2D eigenvalue weighted by Crippen LogP contribution is 2.22. The Morgan fingerprint density at radius 2 is 1.86 bits per heavy atom. The van der Waals surface area contributed by atoms with E-state index in [4.69, 9.17) is 4.74 Å². The summed E-state index contributed by atoms with van der Waals surface area (Å²) in [6.45, 7) is 0. The average Bonchev–Trinajstić information content (AvgIpc) is 2.92. The molecule has 1 aromatic heterocycles. The molecule has 1 aliphatic rings. The highest BCUT2D eigenvalue weighted by Gasteiger charge is 2.16. The molecule has 1 amide bonds. The molecule has 0 bridgehead atoms. The first-order chi connectivity index (χ1) is 10.8. The van der Waals surface area contributed by atoms with E-state index in [1.54, 1.807) is 7.11 Å². The first kappa shape index (κ1) is 14.9. The Labute approximate surface area is 131 Å². The first-order valence-corrected chi connectivity index (χ1v) is 8.24. The van der Waals surface area contributed by atoms with Gasteiger partial charge >= 0.3 is 0 Å². The molecular formula is C18H24N2O2. The number of carbonyl (C=O) groups excluding carboxylic acids is 1. The lowest BCUT2D eigenvalue weighted by molar-refractivity contribution is 0.0926. The summed E-state index contributed by atoms with van der Waals surface area (Å²) < 4.78 is 5.22. The first-order valence-electron chi connectivity index (χ1n) is 8.24. The molecule has 1 fully saturated rings. The van der Waals surface area contributed by atoms with Gasteiger partial charge in [0, 0.05) is 23.0 Å². The van der Waals surface area contributed by atoms with Gasteiger partial charge in [0.25, 0.3) is 5.91 Å². The zero-order valence-electron chi connectivity index (χ0n) is 13.2. The van der Waals surface area contributed by atoms with E-state index in [1.807, 2.05) is 24.3 Å². The van der Waals surface area contributed by atoms with Gasteiger partial charge in [-0.3, -0.25) is 4.79 Å². The summed E-state index contributed by atoms with van der Waals surface area (Å²) in [5, 5.41) is 4.22. The molecule has 1 aliphatic carbocycles. The van der Waals surface area contributed by atoms with Crippen LogP contribution in [0, 0.1) is 0 Å². The van der Waals surface area contributed by atoms with Crippen molar-refractivity contribution >= 4 is 16.8 Å². The number of H-pyrrole nitrogens is 1. The van der Waals surface area contributed by atoms with Crippen LogP contribution < -0.4 is 10.1 Å². The summed E-state index contributed by atoms with van der Waals surface area (Å²) in [7, 11) is 1.65. The smallest absolute Gasteiger partial charge is 0.267 e. The maximum Gasteiger partial charge on any atom is 0.267 e. The number of aromatic nitrogens is 1. The van der Waals surface area contributed by atoms with Crippen LogP contribution in [0.15, 0.2) is 24.3 Å². The van der Waals surface area contributed by atoms with Gasteiger partial charge in [0.1, 0.15) is 11.4 Å². The number of amides is 1. The predicted molar refractivity (Wildman–Crippen MR) is 88.4 cm³/mol. The molecule has 0 saturated heterocycles. The number of fused-ring (bicyclic) bond motifs is 1. The summed E-state index contributed by atoms with van der Waals surface area (Å²) in [6.07, 6.45) is 8.55. The van der Waals surface area contributed by atoms with Gasteiger partial charge in [-0.2, -0.15) is 0 Å². The number of ether oxygens (including phenoxy) is 1. The Balaban J connectivity index is 1.71. The number of aromatic amines is 1. The van der Waals surface area contributed by atoms with E-state index in [9.17, 15) is 4.79 Å².